The van der Waals surface area contributed by atoms with Gasteiger partial charge in [0.1, 0.15) is 12.8 Å². The first kappa shape index (κ1) is 30.1. The van der Waals surface area contributed by atoms with Crippen molar-refractivity contribution in [2.75, 3.05) is 13.3 Å². The van der Waals surface area contributed by atoms with Crippen molar-refractivity contribution in [1.82, 2.24) is 0 Å². The maximum atomic E-state index is 14.6. The average Bonchev–Trinajstić information content (AvgIpc) is 3.36. The van der Waals surface area contributed by atoms with Crippen molar-refractivity contribution >= 4 is 23.9 Å². The fourth-order valence-corrected chi connectivity index (χ4v) is 4.61. The van der Waals surface area contributed by atoms with Gasteiger partial charge in [-0.2, -0.15) is 0 Å². The van der Waals surface area contributed by atoms with Crippen LogP contribution in [0, 0.1) is 0 Å². The molecule has 0 amide bonds. The summed E-state index contributed by atoms with van der Waals surface area (Å²) in [7, 11) is 0. The van der Waals surface area contributed by atoms with Gasteiger partial charge in [0.25, 0.3) is 5.79 Å². The molecule has 1 fully saturated rings. The van der Waals surface area contributed by atoms with Crippen molar-refractivity contribution in [1.29, 1.82) is 0 Å². The topological polar surface area (TPSA) is 114 Å². The average molecular weight is 599 g/mol. The molecular formula is C34H27FO9. The van der Waals surface area contributed by atoms with E-state index in [4.69, 9.17) is 23.7 Å². The minimum atomic E-state index is -2.42. The molecule has 10 heteroatoms. The van der Waals surface area contributed by atoms with Crippen LogP contribution in [0.1, 0.15) is 41.4 Å². The van der Waals surface area contributed by atoms with Crippen molar-refractivity contribution in [2.24, 2.45) is 0 Å². The van der Waals surface area contributed by atoms with E-state index in [1.165, 1.54) is 48.5 Å². The van der Waals surface area contributed by atoms with E-state index in [0.717, 1.165) is 0 Å². The zero-order valence-corrected chi connectivity index (χ0v) is 23.2. The van der Waals surface area contributed by atoms with E-state index in [1.54, 1.807) is 72.8 Å². The van der Waals surface area contributed by atoms with Gasteiger partial charge in [-0.3, -0.25) is 0 Å². The Bertz CT molecular complexity index is 1580. The number of carbonyl (C=O) groups is 4. The molecule has 1 saturated heterocycles. The molecule has 4 aromatic rings. The first-order valence-electron chi connectivity index (χ1n) is 13.7. The van der Waals surface area contributed by atoms with Gasteiger partial charge < -0.3 is 23.7 Å². The molecule has 0 spiro atoms. The van der Waals surface area contributed by atoms with E-state index < -0.39 is 61.3 Å². The van der Waals surface area contributed by atoms with Crippen LogP contribution < -0.4 is 0 Å². The molecule has 0 aromatic heterocycles. The monoisotopic (exact) mass is 598 g/mol. The summed E-state index contributed by atoms with van der Waals surface area (Å²) in [6.07, 6.45) is -4.95. The Labute approximate surface area is 252 Å². The van der Waals surface area contributed by atoms with Crippen LogP contribution in [0.5, 0.6) is 0 Å². The van der Waals surface area contributed by atoms with Gasteiger partial charge in [-0.25, -0.2) is 23.6 Å². The number of benzene rings is 4. The third-order valence-electron chi connectivity index (χ3n) is 6.79. The molecule has 224 valence electrons. The number of carbonyl (C=O) groups excluding carboxylic acids is 4. The fraction of sp³-hybridized carbons (Fsp3) is 0.176. The van der Waals surface area contributed by atoms with Crippen molar-refractivity contribution in [3.63, 3.8) is 0 Å². The molecule has 0 unspecified atom stereocenters. The molecule has 0 bridgehead atoms. The highest BCUT2D eigenvalue weighted by atomic mass is 19.1. The Balaban J connectivity index is 1.54. The van der Waals surface area contributed by atoms with E-state index in [2.05, 4.69) is 0 Å². The summed E-state index contributed by atoms with van der Waals surface area (Å²) >= 11 is 0. The lowest BCUT2D eigenvalue weighted by molar-refractivity contribution is -0.245. The molecular weight excluding hydrogens is 571 g/mol. The number of alkyl halides is 1. The van der Waals surface area contributed by atoms with Gasteiger partial charge in [-0.05, 0) is 48.5 Å². The Kier molecular flexibility index (Phi) is 9.41. The molecule has 9 nitrogen and oxygen atoms in total. The minimum Gasteiger partial charge on any atom is -0.455 e. The third-order valence-corrected chi connectivity index (χ3v) is 6.79. The number of esters is 4. The number of halogens is 1. The van der Waals surface area contributed by atoms with Crippen LogP contribution >= 0.6 is 0 Å². The largest absolute Gasteiger partial charge is 0.455 e. The van der Waals surface area contributed by atoms with Crippen molar-refractivity contribution in [2.45, 2.75) is 24.1 Å². The summed E-state index contributed by atoms with van der Waals surface area (Å²) in [6, 6.07) is 31.5. The van der Waals surface area contributed by atoms with Crippen molar-refractivity contribution < 1.29 is 47.3 Å². The van der Waals surface area contributed by atoms with Gasteiger partial charge in [-0.1, -0.05) is 72.8 Å². The molecule has 1 heterocycles. The molecule has 0 aliphatic carbocycles. The Hall–Kier alpha value is -5.35. The van der Waals surface area contributed by atoms with Gasteiger partial charge in [0.05, 0.1) is 22.3 Å². The quantitative estimate of drug-likeness (QED) is 0.179. The summed E-state index contributed by atoms with van der Waals surface area (Å²) in [5.41, 5.74) is 0.489. The summed E-state index contributed by atoms with van der Waals surface area (Å²) in [5.74, 6) is -5.96. The van der Waals surface area contributed by atoms with Gasteiger partial charge in [0.15, 0.2) is 12.7 Å². The molecule has 4 atom stereocenters. The van der Waals surface area contributed by atoms with Crippen LogP contribution in [0.2, 0.25) is 0 Å². The van der Waals surface area contributed by atoms with E-state index in [0.29, 0.717) is 0 Å². The Morgan fingerprint density at radius 2 is 1.00 bits per heavy atom. The second-order valence-electron chi connectivity index (χ2n) is 9.75. The summed E-state index contributed by atoms with van der Waals surface area (Å²) in [5, 5.41) is 0. The first-order chi connectivity index (χ1) is 21.4. The lowest BCUT2D eigenvalue weighted by Crippen LogP contribution is -2.53. The van der Waals surface area contributed by atoms with Gasteiger partial charge >= 0.3 is 23.9 Å². The Morgan fingerprint density at radius 1 is 0.591 bits per heavy atom. The van der Waals surface area contributed by atoms with Gasteiger partial charge in [0, 0.05) is 0 Å². The lowest BCUT2D eigenvalue weighted by atomic mass is 10.0. The smallest absolute Gasteiger partial charge is 0.340 e. The van der Waals surface area contributed by atoms with Gasteiger partial charge in [0.2, 0.25) is 6.10 Å². The predicted octanol–water partition coefficient (Wildman–Crippen LogP) is 5.22. The summed E-state index contributed by atoms with van der Waals surface area (Å²) in [6.45, 7) is -2.06. The molecule has 5 rings (SSSR count). The summed E-state index contributed by atoms with van der Waals surface area (Å²) in [4.78, 5) is 52.8. The highest BCUT2D eigenvalue weighted by molar-refractivity contribution is 5.92. The van der Waals surface area contributed by atoms with E-state index >= 15 is 0 Å². The standard InChI is InChI=1S/C34H27FO9/c35-21-27-28(41-31(37)24-15-7-2-8-16-24)29(42-32(38)25-17-9-3-10-18-25)34(43-27,44-33(39)26-19-11-4-12-20-26)22-40-30(36)23-13-5-1-6-14-23/h1-20,27-29H,21-22H2/t27-,28-,29-,34-/m1/s1. The van der Waals surface area contributed by atoms with E-state index in [-0.39, 0.29) is 22.3 Å². The highest BCUT2D eigenvalue weighted by Crippen LogP contribution is 2.39. The van der Waals surface area contributed by atoms with Crippen molar-refractivity contribution in [3.8, 4) is 0 Å². The summed E-state index contributed by atoms with van der Waals surface area (Å²) < 4.78 is 43.3. The molecule has 0 radical (unpaired) electrons. The van der Waals surface area contributed by atoms with Crippen LogP contribution in [0.4, 0.5) is 4.39 Å². The van der Waals surface area contributed by atoms with Crippen LogP contribution in [-0.4, -0.2) is 61.3 Å². The van der Waals surface area contributed by atoms with Crippen LogP contribution in [0.15, 0.2) is 121 Å². The van der Waals surface area contributed by atoms with Crippen LogP contribution in [-0.2, 0) is 23.7 Å². The number of hydrogen-bond donors (Lipinski definition) is 0. The number of ether oxygens (including phenoxy) is 5. The SMILES string of the molecule is O=C(OC[C@]1(OC(=O)c2ccccc2)O[C@H](CF)[C@@H](OC(=O)c2ccccc2)[C@H]1OC(=O)c1ccccc1)c1ccccc1. The Morgan fingerprint density at radius 3 is 1.45 bits per heavy atom. The maximum absolute atomic E-state index is 14.6. The number of rotatable bonds is 10. The van der Waals surface area contributed by atoms with E-state index in [1.807, 2.05) is 0 Å². The minimum absolute atomic E-state index is 0.0829. The fourth-order valence-electron chi connectivity index (χ4n) is 4.61. The number of hydrogen-bond acceptors (Lipinski definition) is 9. The molecule has 4 aromatic carbocycles. The van der Waals surface area contributed by atoms with Gasteiger partial charge in [-0.15, -0.1) is 0 Å². The second kappa shape index (κ2) is 13.7. The van der Waals surface area contributed by atoms with Crippen LogP contribution in [0.3, 0.4) is 0 Å². The van der Waals surface area contributed by atoms with Crippen molar-refractivity contribution in [3.05, 3.63) is 144 Å². The van der Waals surface area contributed by atoms with E-state index in [9.17, 15) is 23.6 Å². The molecule has 0 saturated carbocycles. The zero-order chi connectivity index (χ0) is 30.9. The predicted molar refractivity (Wildman–Crippen MR) is 153 cm³/mol. The molecule has 44 heavy (non-hydrogen) atoms. The maximum Gasteiger partial charge on any atom is 0.340 e. The normalized spacial score (nSPS) is 20.7. The highest BCUT2D eigenvalue weighted by Gasteiger charge is 2.63. The second-order valence-corrected chi connectivity index (χ2v) is 9.75. The lowest BCUT2D eigenvalue weighted by Gasteiger charge is -2.33. The molecule has 0 N–H and O–H groups in total. The third kappa shape index (κ3) is 6.82. The first-order valence-corrected chi connectivity index (χ1v) is 13.7. The molecule has 1 aliphatic rings. The molecule has 1 aliphatic heterocycles. The van der Waals surface area contributed by atoms with Crippen LogP contribution in [0.25, 0.3) is 0 Å². The zero-order valence-electron chi connectivity index (χ0n) is 23.2.